The van der Waals surface area contributed by atoms with E-state index in [4.69, 9.17) is 19.4 Å². The summed E-state index contributed by atoms with van der Waals surface area (Å²) in [5.41, 5.74) is 9.07. The van der Waals surface area contributed by atoms with E-state index in [0.29, 0.717) is 17.5 Å². The lowest BCUT2D eigenvalue weighted by molar-refractivity contribution is 0.669. The molecule has 0 saturated heterocycles. The number of aromatic nitrogens is 3. The van der Waals surface area contributed by atoms with Crippen molar-refractivity contribution >= 4 is 32.7 Å². The molecular formula is C43H27N3O. The molecule has 0 spiro atoms. The third-order valence-corrected chi connectivity index (χ3v) is 8.78. The van der Waals surface area contributed by atoms with E-state index in [9.17, 15) is 0 Å². The molecule has 0 aliphatic rings. The highest BCUT2D eigenvalue weighted by Crippen LogP contribution is 2.38. The Morgan fingerprint density at radius 3 is 1.55 bits per heavy atom. The Bertz CT molecular complexity index is 2550. The van der Waals surface area contributed by atoms with Gasteiger partial charge in [-0.1, -0.05) is 152 Å². The first kappa shape index (κ1) is 27.0. The molecule has 0 bridgehead atoms. The van der Waals surface area contributed by atoms with Crippen molar-refractivity contribution in [2.24, 2.45) is 0 Å². The first-order valence-electron chi connectivity index (χ1n) is 15.7. The quantitative estimate of drug-likeness (QED) is 0.197. The highest BCUT2D eigenvalue weighted by molar-refractivity contribution is 6.12. The fourth-order valence-corrected chi connectivity index (χ4v) is 6.52. The van der Waals surface area contributed by atoms with Crippen LogP contribution in [0.15, 0.2) is 168 Å². The second-order valence-electron chi connectivity index (χ2n) is 11.6. The van der Waals surface area contributed by atoms with Crippen LogP contribution in [0.5, 0.6) is 0 Å². The molecule has 0 saturated carbocycles. The Hall–Kier alpha value is -6.39. The molecule has 7 aromatic carbocycles. The molecule has 4 heteroatoms. The maximum atomic E-state index is 6.24. The van der Waals surface area contributed by atoms with Crippen LogP contribution in [0.1, 0.15) is 0 Å². The molecule has 9 rings (SSSR count). The summed E-state index contributed by atoms with van der Waals surface area (Å²) in [6.07, 6.45) is 0. The van der Waals surface area contributed by atoms with Crippen molar-refractivity contribution in [1.82, 2.24) is 15.0 Å². The van der Waals surface area contributed by atoms with Crippen LogP contribution in [0.25, 0.3) is 89.1 Å². The summed E-state index contributed by atoms with van der Waals surface area (Å²) in [6.45, 7) is 0. The molecule has 9 aromatic rings. The fraction of sp³-hybridized carbons (Fsp3) is 0. The summed E-state index contributed by atoms with van der Waals surface area (Å²) in [5, 5.41) is 4.26. The first-order chi connectivity index (χ1) is 23.3. The average Bonchev–Trinajstić information content (AvgIpc) is 3.54. The number of hydrogen-bond acceptors (Lipinski definition) is 4. The molecule has 220 valence electrons. The molecule has 0 aliphatic heterocycles. The predicted octanol–water partition coefficient (Wildman–Crippen LogP) is 11.3. The van der Waals surface area contributed by atoms with Gasteiger partial charge in [-0.3, -0.25) is 0 Å². The summed E-state index contributed by atoms with van der Waals surface area (Å²) < 4.78 is 6.24. The summed E-state index contributed by atoms with van der Waals surface area (Å²) in [7, 11) is 0. The van der Waals surface area contributed by atoms with Gasteiger partial charge in [0, 0.05) is 27.5 Å². The van der Waals surface area contributed by atoms with Crippen LogP contribution < -0.4 is 0 Å². The molecular weight excluding hydrogens is 574 g/mol. The summed E-state index contributed by atoms with van der Waals surface area (Å²) in [4.78, 5) is 15.4. The highest BCUT2D eigenvalue weighted by atomic mass is 16.3. The zero-order chi connectivity index (χ0) is 31.2. The van der Waals surface area contributed by atoms with Gasteiger partial charge in [0.15, 0.2) is 17.5 Å². The van der Waals surface area contributed by atoms with Gasteiger partial charge >= 0.3 is 0 Å². The fourth-order valence-electron chi connectivity index (χ4n) is 6.52. The Labute approximate surface area is 271 Å². The number of para-hydroxylation sites is 1. The summed E-state index contributed by atoms with van der Waals surface area (Å²) in [5.74, 6) is 1.84. The van der Waals surface area contributed by atoms with Gasteiger partial charge in [0.1, 0.15) is 11.2 Å². The Balaban J connectivity index is 1.28. The maximum Gasteiger partial charge on any atom is 0.164 e. The second-order valence-corrected chi connectivity index (χ2v) is 11.6. The number of furan rings is 1. The lowest BCUT2D eigenvalue weighted by Gasteiger charge is -2.13. The SMILES string of the molecule is c1ccc(-c2ccc(-c3nc(-c4cccc5c(-c6ccccc6)cccc45)nc(-c4cccc5oc6ccccc6c45)n3)cc2)cc1. The number of hydrogen-bond donors (Lipinski definition) is 0. The minimum atomic E-state index is 0.602. The largest absolute Gasteiger partial charge is 0.456 e. The molecule has 47 heavy (non-hydrogen) atoms. The van der Waals surface area contributed by atoms with E-state index >= 15 is 0 Å². The van der Waals surface area contributed by atoms with Gasteiger partial charge in [-0.25, -0.2) is 15.0 Å². The number of fused-ring (bicyclic) bond motifs is 4. The van der Waals surface area contributed by atoms with Crippen molar-refractivity contribution in [2.75, 3.05) is 0 Å². The second kappa shape index (κ2) is 11.2. The van der Waals surface area contributed by atoms with Crippen molar-refractivity contribution < 1.29 is 4.42 Å². The molecule has 0 unspecified atom stereocenters. The smallest absolute Gasteiger partial charge is 0.164 e. The van der Waals surface area contributed by atoms with Crippen LogP contribution in [0.3, 0.4) is 0 Å². The van der Waals surface area contributed by atoms with Gasteiger partial charge < -0.3 is 4.42 Å². The van der Waals surface area contributed by atoms with E-state index in [1.165, 1.54) is 16.7 Å². The molecule has 0 N–H and O–H groups in total. The van der Waals surface area contributed by atoms with Gasteiger partial charge in [-0.2, -0.15) is 0 Å². The number of benzene rings is 7. The third kappa shape index (κ3) is 4.75. The molecule has 0 radical (unpaired) electrons. The molecule has 0 fully saturated rings. The molecule has 0 atom stereocenters. The van der Waals surface area contributed by atoms with E-state index in [1.807, 2.05) is 42.5 Å². The monoisotopic (exact) mass is 601 g/mol. The van der Waals surface area contributed by atoms with Gasteiger partial charge in [0.25, 0.3) is 0 Å². The van der Waals surface area contributed by atoms with E-state index in [2.05, 4.69) is 121 Å². The zero-order valence-electron chi connectivity index (χ0n) is 25.3. The van der Waals surface area contributed by atoms with Crippen LogP contribution in [0.4, 0.5) is 0 Å². The lowest BCUT2D eigenvalue weighted by atomic mass is 9.95. The van der Waals surface area contributed by atoms with Crippen LogP contribution in [0.2, 0.25) is 0 Å². The predicted molar refractivity (Wildman–Crippen MR) is 192 cm³/mol. The Kier molecular flexibility index (Phi) is 6.43. The van der Waals surface area contributed by atoms with E-state index < -0.39 is 0 Å². The Morgan fingerprint density at radius 1 is 0.298 bits per heavy atom. The number of rotatable bonds is 5. The van der Waals surface area contributed by atoms with Crippen molar-refractivity contribution in [3.05, 3.63) is 164 Å². The Morgan fingerprint density at radius 2 is 0.787 bits per heavy atom. The summed E-state index contributed by atoms with van der Waals surface area (Å²) >= 11 is 0. The summed E-state index contributed by atoms with van der Waals surface area (Å²) in [6, 6.07) is 56.3. The van der Waals surface area contributed by atoms with E-state index in [0.717, 1.165) is 55.0 Å². The molecule has 4 nitrogen and oxygen atoms in total. The van der Waals surface area contributed by atoms with Gasteiger partial charge in [-0.05, 0) is 45.2 Å². The number of nitrogens with zero attached hydrogens (tertiary/aromatic N) is 3. The van der Waals surface area contributed by atoms with Crippen LogP contribution in [0, 0.1) is 0 Å². The van der Waals surface area contributed by atoms with Crippen molar-refractivity contribution in [1.29, 1.82) is 0 Å². The van der Waals surface area contributed by atoms with Crippen LogP contribution in [-0.2, 0) is 0 Å². The van der Waals surface area contributed by atoms with Gasteiger partial charge in [0.2, 0.25) is 0 Å². The zero-order valence-corrected chi connectivity index (χ0v) is 25.3. The van der Waals surface area contributed by atoms with Crippen LogP contribution >= 0.6 is 0 Å². The van der Waals surface area contributed by atoms with E-state index in [1.54, 1.807) is 0 Å². The minimum Gasteiger partial charge on any atom is -0.456 e. The molecule has 0 amide bonds. The van der Waals surface area contributed by atoms with Gasteiger partial charge in [0.05, 0.1) is 0 Å². The highest BCUT2D eigenvalue weighted by Gasteiger charge is 2.19. The normalized spacial score (nSPS) is 11.4. The van der Waals surface area contributed by atoms with Crippen molar-refractivity contribution in [3.63, 3.8) is 0 Å². The minimum absolute atomic E-state index is 0.602. The van der Waals surface area contributed by atoms with Crippen molar-refractivity contribution in [2.45, 2.75) is 0 Å². The van der Waals surface area contributed by atoms with Crippen LogP contribution in [-0.4, -0.2) is 15.0 Å². The van der Waals surface area contributed by atoms with Crippen molar-refractivity contribution in [3.8, 4) is 56.4 Å². The first-order valence-corrected chi connectivity index (χ1v) is 15.7. The van der Waals surface area contributed by atoms with Gasteiger partial charge in [-0.15, -0.1) is 0 Å². The average molecular weight is 602 g/mol. The molecule has 0 aliphatic carbocycles. The topological polar surface area (TPSA) is 51.8 Å². The van der Waals surface area contributed by atoms with E-state index in [-0.39, 0.29) is 0 Å². The third-order valence-electron chi connectivity index (χ3n) is 8.78. The maximum absolute atomic E-state index is 6.24. The molecule has 2 aromatic heterocycles. The molecule has 2 heterocycles. The lowest BCUT2D eigenvalue weighted by Crippen LogP contribution is -2.01. The standard InChI is InChI=1S/C43H27N3O/c1-3-12-28(13-4-1)29-24-26-31(27-25-29)41-44-42(35-20-10-18-33-32(17-9-19-34(33)35)30-14-5-2-6-15-30)46-43(45-41)37-21-11-23-39-40(37)36-16-7-8-22-38(36)47-39/h1-27H.